The molecule has 0 aliphatic carbocycles. The number of hydrogen-bond donors (Lipinski definition) is 0. The molecule has 4 rings (SSSR count). The molecule has 3 aromatic rings. The van der Waals surface area contributed by atoms with Crippen molar-refractivity contribution in [3.63, 3.8) is 0 Å². The van der Waals surface area contributed by atoms with Crippen LogP contribution in [0.4, 0.5) is 0 Å². The van der Waals surface area contributed by atoms with Crippen LogP contribution in [-0.4, -0.2) is 35.5 Å². The van der Waals surface area contributed by atoms with Crippen LogP contribution in [0.5, 0.6) is 5.75 Å². The second kappa shape index (κ2) is 8.87. The Morgan fingerprint density at radius 1 is 1.14 bits per heavy atom. The summed E-state index contributed by atoms with van der Waals surface area (Å²) >= 11 is 0. The van der Waals surface area contributed by atoms with Crippen molar-refractivity contribution in [2.24, 2.45) is 0 Å². The summed E-state index contributed by atoms with van der Waals surface area (Å²) in [5.74, 6) is 0.849. The first-order chi connectivity index (χ1) is 14.2. The van der Waals surface area contributed by atoms with Crippen LogP contribution >= 0.6 is 0 Å². The fourth-order valence-electron chi connectivity index (χ4n) is 3.03. The topological polar surface area (TPSA) is 83.7 Å². The van der Waals surface area contributed by atoms with Crippen molar-refractivity contribution in [1.29, 1.82) is 0 Å². The number of rotatable bonds is 7. The lowest BCUT2D eigenvalue weighted by molar-refractivity contribution is 0.0279. The first-order valence-electron chi connectivity index (χ1n) is 9.63. The molecule has 7 heteroatoms. The molecular formula is C22H22N2O5. The summed E-state index contributed by atoms with van der Waals surface area (Å²) in [4.78, 5) is 12.4. The Hall–Kier alpha value is -3.19. The predicted molar refractivity (Wildman–Crippen MR) is 104 cm³/mol. The molecule has 1 fully saturated rings. The van der Waals surface area contributed by atoms with E-state index in [0.717, 1.165) is 25.0 Å². The van der Waals surface area contributed by atoms with E-state index in [1.807, 2.05) is 30.3 Å². The largest absolute Gasteiger partial charge is 0.491 e. The maximum Gasteiger partial charge on any atom is 0.338 e. The van der Waals surface area contributed by atoms with Gasteiger partial charge in [0.05, 0.1) is 11.7 Å². The number of benzene rings is 2. The Morgan fingerprint density at radius 2 is 1.93 bits per heavy atom. The lowest BCUT2D eigenvalue weighted by atomic mass is 10.2. The molecule has 150 valence electrons. The maximum atomic E-state index is 12.4. The molecule has 2 aromatic carbocycles. The van der Waals surface area contributed by atoms with E-state index in [0.29, 0.717) is 23.8 Å². The van der Waals surface area contributed by atoms with E-state index in [1.54, 1.807) is 31.2 Å². The molecule has 1 aromatic heterocycles. The van der Waals surface area contributed by atoms with Gasteiger partial charge in [-0.25, -0.2) is 4.79 Å². The van der Waals surface area contributed by atoms with E-state index >= 15 is 0 Å². The molecule has 0 bridgehead atoms. The summed E-state index contributed by atoms with van der Waals surface area (Å²) in [5.41, 5.74) is 1.23. The summed E-state index contributed by atoms with van der Waals surface area (Å²) in [6.45, 7) is 3.00. The van der Waals surface area contributed by atoms with Crippen LogP contribution in [0.25, 0.3) is 11.5 Å². The Balaban J connectivity index is 1.33. The smallest absolute Gasteiger partial charge is 0.338 e. The van der Waals surface area contributed by atoms with Crippen LogP contribution in [-0.2, 0) is 9.47 Å². The third-order valence-electron chi connectivity index (χ3n) is 4.64. The molecule has 0 amide bonds. The second-order valence-electron chi connectivity index (χ2n) is 6.83. The summed E-state index contributed by atoms with van der Waals surface area (Å²) in [6, 6.07) is 16.3. The highest BCUT2D eigenvalue weighted by Gasteiger charge is 2.20. The quantitative estimate of drug-likeness (QED) is 0.555. The first-order valence-corrected chi connectivity index (χ1v) is 9.63. The molecule has 7 nitrogen and oxygen atoms in total. The third kappa shape index (κ3) is 4.81. The molecular weight excluding hydrogens is 372 g/mol. The molecule has 0 unspecified atom stereocenters. The van der Waals surface area contributed by atoms with Crippen LogP contribution in [0.2, 0.25) is 0 Å². The minimum absolute atomic E-state index is 0.149. The van der Waals surface area contributed by atoms with Crippen LogP contribution < -0.4 is 4.74 Å². The highest BCUT2D eigenvalue weighted by molar-refractivity contribution is 5.89. The third-order valence-corrected chi connectivity index (χ3v) is 4.64. The van der Waals surface area contributed by atoms with E-state index in [2.05, 4.69) is 10.2 Å². The first kappa shape index (κ1) is 19.1. The van der Waals surface area contributed by atoms with E-state index in [-0.39, 0.29) is 12.0 Å². The second-order valence-corrected chi connectivity index (χ2v) is 6.83. The van der Waals surface area contributed by atoms with Crippen molar-refractivity contribution >= 4 is 5.97 Å². The highest BCUT2D eigenvalue weighted by atomic mass is 16.6. The van der Waals surface area contributed by atoms with Gasteiger partial charge in [0.25, 0.3) is 5.89 Å². The zero-order chi connectivity index (χ0) is 20.1. The van der Waals surface area contributed by atoms with E-state index in [9.17, 15) is 4.79 Å². The summed E-state index contributed by atoms with van der Waals surface area (Å²) in [6.07, 6.45) is 1.58. The normalized spacial score (nSPS) is 17.1. The van der Waals surface area contributed by atoms with Gasteiger partial charge in [-0.05, 0) is 56.2 Å². The van der Waals surface area contributed by atoms with Gasteiger partial charge in [-0.15, -0.1) is 10.2 Å². The number of hydrogen-bond acceptors (Lipinski definition) is 7. The van der Waals surface area contributed by atoms with E-state index < -0.39 is 12.1 Å². The van der Waals surface area contributed by atoms with Crippen molar-refractivity contribution in [2.45, 2.75) is 32.0 Å². The average Bonchev–Trinajstić information content (AvgIpc) is 3.45. The van der Waals surface area contributed by atoms with Gasteiger partial charge in [-0.3, -0.25) is 0 Å². The number of ether oxygens (including phenoxy) is 3. The van der Waals surface area contributed by atoms with Gasteiger partial charge in [0.15, 0.2) is 6.10 Å². The molecule has 0 radical (unpaired) electrons. The Bertz CT molecular complexity index is 933. The molecule has 1 aliphatic rings. The molecule has 0 N–H and O–H groups in total. The summed E-state index contributed by atoms with van der Waals surface area (Å²) in [5, 5.41) is 8.01. The molecule has 2 atom stereocenters. The van der Waals surface area contributed by atoms with Gasteiger partial charge >= 0.3 is 5.97 Å². The number of aromatic nitrogens is 2. The van der Waals surface area contributed by atoms with Crippen LogP contribution in [0.3, 0.4) is 0 Å². The molecule has 29 heavy (non-hydrogen) atoms. The predicted octanol–water partition coefficient (Wildman–Crippen LogP) is 4.21. The highest BCUT2D eigenvalue weighted by Crippen LogP contribution is 2.23. The minimum atomic E-state index is -0.664. The van der Waals surface area contributed by atoms with Crippen molar-refractivity contribution in [3.05, 3.63) is 66.1 Å². The number of nitrogens with zero attached hydrogens (tertiary/aromatic N) is 2. The zero-order valence-electron chi connectivity index (χ0n) is 16.1. The van der Waals surface area contributed by atoms with Crippen molar-refractivity contribution < 1.29 is 23.4 Å². The Labute approximate surface area is 168 Å². The van der Waals surface area contributed by atoms with Gasteiger partial charge in [-0.1, -0.05) is 18.2 Å². The molecule has 1 aliphatic heterocycles. The van der Waals surface area contributed by atoms with Crippen LogP contribution in [0, 0.1) is 0 Å². The van der Waals surface area contributed by atoms with Crippen molar-refractivity contribution in [3.8, 4) is 17.2 Å². The van der Waals surface area contributed by atoms with Crippen LogP contribution in [0.1, 0.15) is 42.1 Å². The maximum absolute atomic E-state index is 12.4. The van der Waals surface area contributed by atoms with E-state index in [1.165, 1.54) is 0 Å². The van der Waals surface area contributed by atoms with E-state index in [4.69, 9.17) is 18.6 Å². The van der Waals surface area contributed by atoms with Gasteiger partial charge < -0.3 is 18.6 Å². The SMILES string of the molecule is C[C@H](OC(=O)c1ccc(OC[C@H]2CCCO2)cc1)c1nnc(-c2ccccc2)o1. The average molecular weight is 394 g/mol. The van der Waals surface area contributed by atoms with Crippen molar-refractivity contribution in [1.82, 2.24) is 10.2 Å². The molecule has 0 spiro atoms. The number of esters is 1. The Morgan fingerprint density at radius 3 is 2.66 bits per heavy atom. The number of carbonyl (C=O) groups excluding carboxylic acids is 1. The molecule has 2 heterocycles. The van der Waals surface area contributed by atoms with Gasteiger partial charge in [0.2, 0.25) is 5.89 Å². The summed E-state index contributed by atoms with van der Waals surface area (Å²) in [7, 11) is 0. The lowest BCUT2D eigenvalue weighted by Crippen LogP contribution is -2.16. The van der Waals surface area contributed by atoms with Gasteiger partial charge in [0.1, 0.15) is 12.4 Å². The Kier molecular flexibility index (Phi) is 5.86. The van der Waals surface area contributed by atoms with Crippen LogP contribution in [0.15, 0.2) is 59.0 Å². The molecule has 1 saturated heterocycles. The monoisotopic (exact) mass is 394 g/mol. The fraction of sp³-hybridized carbons (Fsp3) is 0.318. The minimum Gasteiger partial charge on any atom is -0.491 e. The summed E-state index contributed by atoms with van der Waals surface area (Å²) < 4.78 is 22.3. The fourth-order valence-corrected chi connectivity index (χ4v) is 3.03. The standard InChI is InChI=1S/C22H22N2O5/c1-15(20-23-24-21(29-20)16-6-3-2-4-7-16)28-22(25)17-9-11-18(12-10-17)27-14-19-8-5-13-26-19/h2-4,6-7,9-12,15,19H,5,8,13-14H2,1H3/t15-,19+/m0/s1. The lowest BCUT2D eigenvalue weighted by Gasteiger charge is -2.12. The van der Waals surface area contributed by atoms with Gasteiger partial charge in [0, 0.05) is 12.2 Å². The molecule has 0 saturated carbocycles. The van der Waals surface area contributed by atoms with Gasteiger partial charge in [-0.2, -0.15) is 0 Å². The zero-order valence-corrected chi connectivity index (χ0v) is 16.1. The number of carbonyl (C=O) groups is 1. The van der Waals surface area contributed by atoms with Crippen molar-refractivity contribution in [2.75, 3.05) is 13.2 Å².